The zero-order valence-corrected chi connectivity index (χ0v) is 21.5. The number of phosphoric ester groups is 1. The summed E-state index contributed by atoms with van der Waals surface area (Å²) in [5.74, 6) is -0.882. The second kappa shape index (κ2) is 17.5. The lowest BCUT2D eigenvalue weighted by atomic mass is 10.1. The molecule has 0 heterocycles. The second-order valence-corrected chi connectivity index (χ2v) is 10.4. The third kappa shape index (κ3) is 19.7. The standard InChI is InChI=1S/C22H44NO8P/c1-6-8-10-11-13-14-21(24)28-18-20(31-22(25)15-12-9-7-2)19-30-32(26,27)29-17-16-23(3,4)5/h20H,6-19H2,1-5H3/t20-/m1/s1. The van der Waals surface area contributed by atoms with Gasteiger partial charge in [0, 0.05) is 12.8 Å². The summed E-state index contributed by atoms with van der Waals surface area (Å²) in [6.45, 7) is 3.87. The zero-order valence-electron chi connectivity index (χ0n) is 20.6. The van der Waals surface area contributed by atoms with Gasteiger partial charge in [-0.05, 0) is 12.8 Å². The number of nitrogens with zero attached hydrogens (tertiary/aromatic N) is 1. The first-order valence-corrected chi connectivity index (χ1v) is 13.2. The normalized spacial score (nSPS) is 14.6. The molecule has 0 rings (SSSR count). The van der Waals surface area contributed by atoms with Crippen LogP contribution >= 0.6 is 7.82 Å². The molecule has 0 N–H and O–H groups in total. The fourth-order valence-corrected chi connectivity index (χ4v) is 3.38. The second-order valence-electron chi connectivity index (χ2n) is 9.01. The molecule has 190 valence electrons. The van der Waals surface area contributed by atoms with E-state index in [2.05, 4.69) is 6.92 Å². The Bertz CT molecular complexity index is 565. The molecular formula is C22H44NO8P. The highest BCUT2D eigenvalue weighted by Gasteiger charge is 2.21. The fraction of sp³-hybridized carbons (Fsp3) is 0.909. The number of hydrogen-bond donors (Lipinski definition) is 0. The van der Waals surface area contributed by atoms with Crippen LogP contribution in [0.4, 0.5) is 0 Å². The number of hydrogen-bond acceptors (Lipinski definition) is 8. The van der Waals surface area contributed by atoms with Gasteiger partial charge in [0.1, 0.15) is 19.8 Å². The van der Waals surface area contributed by atoms with Crippen LogP contribution in [0.5, 0.6) is 0 Å². The summed E-state index contributed by atoms with van der Waals surface area (Å²) < 4.78 is 32.8. The van der Waals surface area contributed by atoms with Gasteiger partial charge in [0.15, 0.2) is 6.10 Å². The maximum Gasteiger partial charge on any atom is 0.306 e. The predicted molar refractivity (Wildman–Crippen MR) is 121 cm³/mol. The minimum absolute atomic E-state index is 0.0290. The van der Waals surface area contributed by atoms with Gasteiger partial charge in [0.05, 0.1) is 27.7 Å². The van der Waals surface area contributed by atoms with E-state index < -0.39 is 32.5 Å². The summed E-state index contributed by atoms with van der Waals surface area (Å²) in [5, 5.41) is 0. The third-order valence-corrected chi connectivity index (χ3v) is 5.59. The monoisotopic (exact) mass is 481 g/mol. The Morgan fingerprint density at radius 1 is 0.844 bits per heavy atom. The van der Waals surface area contributed by atoms with Crippen LogP contribution in [-0.2, 0) is 32.7 Å². The van der Waals surface area contributed by atoms with E-state index in [-0.39, 0.29) is 26.1 Å². The Balaban J connectivity index is 4.60. The molecule has 1 unspecified atom stereocenters. The summed E-state index contributed by atoms with van der Waals surface area (Å²) >= 11 is 0. The number of phosphoric acid groups is 1. The van der Waals surface area contributed by atoms with Crippen LogP contribution in [-0.4, -0.2) is 70.0 Å². The first-order valence-electron chi connectivity index (χ1n) is 11.7. The summed E-state index contributed by atoms with van der Waals surface area (Å²) in [7, 11) is 1.16. The highest BCUT2D eigenvalue weighted by molar-refractivity contribution is 7.45. The predicted octanol–water partition coefficient (Wildman–Crippen LogP) is 3.59. The molecule has 32 heavy (non-hydrogen) atoms. The number of rotatable bonds is 20. The Morgan fingerprint density at radius 3 is 2.03 bits per heavy atom. The molecule has 9 nitrogen and oxygen atoms in total. The van der Waals surface area contributed by atoms with Gasteiger partial charge in [0.2, 0.25) is 0 Å². The van der Waals surface area contributed by atoms with Crippen molar-refractivity contribution in [2.75, 3.05) is 47.5 Å². The molecule has 0 saturated carbocycles. The molecule has 0 spiro atoms. The van der Waals surface area contributed by atoms with Crippen LogP contribution in [0, 0.1) is 0 Å². The van der Waals surface area contributed by atoms with Crippen LogP contribution < -0.4 is 4.89 Å². The van der Waals surface area contributed by atoms with E-state index in [0.717, 1.165) is 44.9 Å². The molecular weight excluding hydrogens is 437 g/mol. The lowest BCUT2D eigenvalue weighted by molar-refractivity contribution is -0.870. The zero-order chi connectivity index (χ0) is 24.5. The first-order chi connectivity index (χ1) is 15.0. The van der Waals surface area contributed by atoms with E-state index in [9.17, 15) is 19.0 Å². The van der Waals surface area contributed by atoms with Crippen molar-refractivity contribution in [1.29, 1.82) is 0 Å². The molecule has 0 amide bonds. The average molecular weight is 482 g/mol. The molecule has 0 saturated heterocycles. The molecule has 10 heteroatoms. The van der Waals surface area contributed by atoms with Gasteiger partial charge < -0.3 is 27.9 Å². The van der Waals surface area contributed by atoms with Crippen molar-refractivity contribution in [3.05, 3.63) is 0 Å². The van der Waals surface area contributed by atoms with Gasteiger partial charge >= 0.3 is 11.9 Å². The van der Waals surface area contributed by atoms with Gasteiger partial charge in [-0.3, -0.25) is 14.2 Å². The minimum Gasteiger partial charge on any atom is -0.756 e. The van der Waals surface area contributed by atoms with Crippen molar-refractivity contribution in [1.82, 2.24) is 0 Å². The molecule has 0 aliphatic rings. The van der Waals surface area contributed by atoms with E-state index in [1.165, 1.54) is 0 Å². The van der Waals surface area contributed by atoms with Gasteiger partial charge in [-0.1, -0.05) is 52.4 Å². The molecule has 2 atom stereocenters. The molecule has 0 radical (unpaired) electrons. The number of carbonyl (C=O) groups is 2. The largest absolute Gasteiger partial charge is 0.756 e. The van der Waals surface area contributed by atoms with Crippen LogP contribution in [0.25, 0.3) is 0 Å². The Kier molecular flexibility index (Phi) is 16.9. The Hall–Kier alpha value is -0.990. The van der Waals surface area contributed by atoms with E-state index in [1.54, 1.807) is 0 Å². The maximum absolute atomic E-state index is 12.1. The SMILES string of the molecule is CCCCCCCC(=O)OC[C@H](COP(=O)([O-])OCC[N+](C)(C)C)OC(=O)CCCCC. The summed E-state index contributed by atoms with van der Waals surface area (Å²) in [4.78, 5) is 36.0. The van der Waals surface area contributed by atoms with Crippen molar-refractivity contribution >= 4 is 19.8 Å². The van der Waals surface area contributed by atoms with E-state index >= 15 is 0 Å². The summed E-state index contributed by atoms with van der Waals surface area (Å²) in [6, 6.07) is 0. The molecule has 0 aromatic rings. The topological polar surface area (TPSA) is 111 Å². The lowest BCUT2D eigenvalue weighted by Crippen LogP contribution is -2.37. The quantitative estimate of drug-likeness (QED) is 0.112. The maximum atomic E-state index is 12.1. The number of quaternary nitrogens is 1. The van der Waals surface area contributed by atoms with Crippen LogP contribution in [0.1, 0.15) is 78.1 Å². The van der Waals surface area contributed by atoms with Gasteiger partial charge in [-0.2, -0.15) is 0 Å². The number of carbonyl (C=O) groups excluding carboxylic acids is 2. The average Bonchev–Trinajstić information content (AvgIpc) is 2.69. The molecule has 0 aromatic carbocycles. The van der Waals surface area contributed by atoms with Crippen LogP contribution in [0.2, 0.25) is 0 Å². The summed E-state index contributed by atoms with van der Waals surface area (Å²) in [6.07, 6.45) is 7.00. The molecule has 0 aromatic heterocycles. The summed E-state index contributed by atoms with van der Waals surface area (Å²) in [5.41, 5.74) is 0. The highest BCUT2D eigenvalue weighted by atomic mass is 31.2. The van der Waals surface area contributed by atoms with Crippen molar-refractivity contribution in [2.24, 2.45) is 0 Å². The fourth-order valence-electron chi connectivity index (χ4n) is 2.65. The smallest absolute Gasteiger partial charge is 0.306 e. The Labute approximate surface area is 193 Å². The van der Waals surface area contributed by atoms with Crippen LogP contribution in [0.3, 0.4) is 0 Å². The van der Waals surface area contributed by atoms with Gasteiger partial charge in [0.25, 0.3) is 7.82 Å². The third-order valence-electron chi connectivity index (χ3n) is 4.63. The Morgan fingerprint density at radius 2 is 1.41 bits per heavy atom. The molecule has 0 aliphatic heterocycles. The molecule has 0 aliphatic carbocycles. The highest BCUT2D eigenvalue weighted by Crippen LogP contribution is 2.38. The molecule has 0 bridgehead atoms. The van der Waals surface area contributed by atoms with Crippen molar-refractivity contribution in [3.63, 3.8) is 0 Å². The van der Waals surface area contributed by atoms with E-state index in [0.29, 0.717) is 17.4 Å². The van der Waals surface area contributed by atoms with Crippen molar-refractivity contribution in [3.8, 4) is 0 Å². The van der Waals surface area contributed by atoms with Gasteiger partial charge in [-0.15, -0.1) is 0 Å². The molecule has 0 fully saturated rings. The van der Waals surface area contributed by atoms with Crippen LogP contribution in [0.15, 0.2) is 0 Å². The van der Waals surface area contributed by atoms with Crippen molar-refractivity contribution in [2.45, 2.75) is 84.2 Å². The minimum atomic E-state index is -4.57. The van der Waals surface area contributed by atoms with Crippen molar-refractivity contribution < 1.29 is 42.1 Å². The number of esters is 2. The van der Waals surface area contributed by atoms with E-state index in [4.69, 9.17) is 18.5 Å². The van der Waals surface area contributed by atoms with E-state index in [1.807, 2.05) is 28.1 Å². The first kappa shape index (κ1) is 31.0. The lowest BCUT2D eigenvalue weighted by Gasteiger charge is -2.28. The number of ether oxygens (including phenoxy) is 2. The number of unbranched alkanes of at least 4 members (excludes halogenated alkanes) is 6. The number of likely N-dealkylation sites (N-methyl/N-ethyl adjacent to an activating group) is 1. The van der Waals surface area contributed by atoms with Gasteiger partial charge in [-0.25, -0.2) is 0 Å².